The highest BCUT2D eigenvalue weighted by atomic mass is 16.1. The van der Waals surface area contributed by atoms with Gasteiger partial charge in [0.15, 0.2) is 5.82 Å². The van der Waals surface area contributed by atoms with E-state index < -0.39 is 0 Å². The summed E-state index contributed by atoms with van der Waals surface area (Å²) in [7, 11) is 0. The van der Waals surface area contributed by atoms with Crippen LogP contribution in [-0.2, 0) is 0 Å². The van der Waals surface area contributed by atoms with Crippen LogP contribution in [0.3, 0.4) is 0 Å². The number of carbonyl (C=O) groups is 1. The minimum Gasteiger partial charge on any atom is -0.370 e. The maximum atomic E-state index is 12.1. The van der Waals surface area contributed by atoms with Gasteiger partial charge in [0, 0.05) is 18.9 Å². The van der Waals surface area contributed by atoms with Gasteiger partial charge in [-0.2, -0.15) is 5.10 Å². The zero-order valence-electron chi connectivity index (χ0n) is 9.92. The number of anilines is 2. The molecule has 0 saturated heterocycles. The second-order valence-electron chi connectivity index (χ2n) is 3.49. The van der Waals surface area contributed by atoms with E-state index in [0.717, 1.165) is 0 Å². The molecule has 92 valence electrons. The number of aromatic nitrogens is 3. The van der Waals surface area contributed by atoms with E-state index in [1.165, 1.54) is 0 Å². The first-order valence-corrected chi connectivity index (χ1v) is 5.59. The van der Waals surface area contributed by atoms with Gasteiger partial charge in [-0.1, -0.05) is 0 Å². The average Bonchev–Trinajstić information content (AvgIpc) is 2.41. The van der Waals surface area contributed by atoms with Crippen molar-refractivity contribution in [1.29, 1.82) is 0 Å². The third-order valence-corrected chi connectivity index (χ3v) is 2.21. The minimum atomic E-state index is -0.264. The number of amides is 1. The molecule has 2 aromatic heterocycles. The molecule has 0 radical (unpaired) electrons. The number of pyridine rings is 1. The second-order valence-corrected chi connectivity index (χ2v) is 3.49. The normalized spacial score (nSPS) is 9.83. The molecule has 2 N–H and O–H groups in total. The first kappa shape index (κ1) is 12.0. The van der Waals surface area contributed by atoms with E-state index in [-0.39, 0.29) is 5.91 Å². The van der Waals surface area contributed by atoms with Crippen molar-refractivity contribution in [2.24, 2.45) is 0 Å². The van der Waals surface area contributed by atoms with Crippen LogP contribution in [-0.4, -0.2) is 27.6 Å². The average molecular weight is 243 g/mol. The number of rotatable bonds is 4. The third-order valence-electron chi connectivity index (χ3n) is 2.21. The number of hydrogen-bond acceptors (Lipinski definition) is 5. The lowest BCUT2D eigenvalue weighted by Crippen LogP contribution is -2.16. The molecule has 6 nitrogen and oxygen atoms in total. The van der Waals surface area contributed by atoms with Crippen molar-refractivity contribution in [2.75, 3.05) is 17.2 Å². The van der Waals surface area contributed by atoms with E-state index in [0.29, 0.717) is 23.7 Å². The van der Waals surface area contributed by atoms with E-state index in [9.17, 15) is 4.79 Å². The van der Waals surface area contributed by atoms with Crippen molar-refractivity contribution < 1.29 is 4.79 Å². The maximum Gasteiger partial charge on any atom is 0.260 e. The Morgan fingerprint density at radius 3 is 2.83 bits per heavy atom. The lowest BCUT2D eigenvalue weighted by Gasteiger charge is -2.08. The van der Waals surface area contributed by atoms with E-state index in [2.05, 4.69) is 25.8 Å². The van der Waals surface area contributed by atoms with E-state index in [4.69, 9.17) is 0 Å². The fourth-order valence-corrected chi connectivity index (χ4v) is 1.45. The number of hydrogen-bond donors (Lipinski definition) is 2. The van der Waals surface area contributed by atoms with Gasteiger partial charge >= 0.3 is 0 Å². The summed E-state index contributed by atoms with van der Waals surface area (Å²) in [4.78, 5) is 16.2. The van der Waals surface area contributed by atoms with Crippen molar-refractivity contribution in [3.63, 3.8) is 0 Å². The number of nitrogens with zero attached hydrogens (tertiary/aromatic N) is 3. The molecule has 0 bridgehead atoms. The Morgan fingerprint density at radius 1 is 1.28 bits per heavy atom. The molecular weight excluding hydrogens is 230 g/mol. The van der Waals surface area contributed by atoms with Crippen LogP contribution in [0.5, 0.6) is 0 Å². The molecule has 18 heavy (non-hydrogen) atoms. The molecule has 1 amide bonds. The fourth-order valence-electron chi connectivity index (χ4n) is 1.45. The smallest absolute Gasteiger partial charge is 0.260 e. The maximum absolute atomic E-state index is 12.1. The number of carbonyl (C=O) groups excluding carboxylic acids is 1. The summed E-state index contributed by atoms with van der Waals surface area (Å²) < 4.78 is 0. The van der Waals surface area contributed by atoms with Crippen LogP contribution in [0.2, 0.25) is 0 Å². The van der Waals surface area contributed by atoms with Crippen LogP contribution in [0, 0.1) is 0 Å². The Kier molecular flexibility index (Phi) is 3.80. The van der Waals surface area contributed by atoms with E-state index in [1.54, 1.807) is 36.7 Å². The van der Waals surface area contributed by atoms with Gasteiger partial charge in [0.05, 0.1) is 5.56 Å². The zero-order chi connectivity index (χ0) is 12.8. The first-order chi connectivity index (χ1) is 8.81. The van der Waals surface area contributed by atoms with Gasteiger partial charge in [-0.05, 0) is 31.2 Å². The van der Waals surface area contributed by atoms with Crippen molar-refractivity contribution in [1.82, 2.24) is 15.2 Å². The van der Waals surface area contributed by atoms with Gasteiger partial charge in [0.1, 0.15) is 5.82 Å². The quantitative estimate of drug-likeness (QED) is 0.851. The Morgan fingerprint density at radius 2 is 2.11 bits per heavy atom. The van der Waals surface area contributed by atoms with Crippen LogP contribution in [0.25, 0.3) is 0 Å². The summed E-state index contributed by atoms with van der Waals surface area (Å²) in [6.45, 7) is 2.64. The van der Waals surface area contributed by atoms with E-state index in [1.807, 2.05) is 6.92 Å². The summed E-state index contributed by atoms with van der Waals surface area (Å²) >= 11 is 0. The Bertz CT molecular complexity index is 529. The highest BCUT2D eigenvalue weighted by molar-refractivity contribution is 6.06. The molecule has 0 atom stereocenters. The predicted molar refractivity (Wildman–Crippen MR) is 68.4 cm³/mol. The Labute approximate surface area is 104 Å². The summed E-state index contributed by atoms with van der Waals surface area (Å²) in [6, 6.07) is 6.80. The third kappa shape index (κ3) is 2.79. The number of nitrogens with one attached hydrogen (secondary N) is 2. The molecule has 0 unspecified atom stereocenters. The Balaban J connectivity index is 2.19. The van der Waals surface area contributed by atoms with Crippen LogP contribution < -0.4 is 10.6 Å². The monoisotopic (exact) mass is 243 g/mol. The molecule has 0 fully saturated rings. The van der Waals surface area contributed by atoms with Gasteiger partial charge in [0.25, 0.3) is 5.91 Å². The highest BCUT2D eigenvalue weighted by Gasteiger charge is 2.12. The molecule has 2 rings (SSSR count). The van der Waals surface area contributed by atoms with Gasteiger partial charge < -0.3 is 10.6 Å². The predicted octanol–water partition coefficient (Wildman–Crippen LogP) is 1.56. The van der Waals surface area contributed by atoms with Crippen molar-refractivity contribution in [2.45, 2.75) is 6.92 Å². The standard InChI is InChI=1S/C12H13N5O/c1-2-13-11-9(5-3-7-14-11)12(18)16-10-6-4-8-15-17-10/h3-8H,2H2,1H3,(H,13,14)(H,16,17,18). The van der Waals surface area contributed by atoms with Gasteiger partial charge in [0.2, 0.25) is 0 Å². The van der Waals surface area contributed by atoms with Crippen molar-refractivity contribution in [3.05, 3.63) is 42.2 Å². The SMILES string of the molecule is CCNc1ncccc1C(=O)Nc1cccnn1. The minimum absolute atomic E-state index is 0.264. The van der Waals surface area contributed by atoms with Gasteiger partial charge in [-0.3, -0.25) is 4.79 Å². The molecular formula is C12H13N5O. The molecule has 2 aromatic rings. The molecule has 6 heteroatoms. The van der Waals surface area contributed by atoms with Crippen molar-refractivity contribution in [3.8, 4) is 0 Å². The van der Waals surface area contributed by atoms with Crippen LogP contribution in [0.4, 0.5) is 11.6 Å². The second kappa shape index (κ2) is 5.72. The molecule has 0 spiro atoms. The molecule has 2 heterocycles. The largest absolute Gasteiger partial charge is 0.370 e. The van der Waals surface area contributed by atoms with Gasteiger partial charge in [-0.25, -0.2) is 4.98 Å². The van der Waals surface area contributed by atoms with Crippen LogP contribution in [0.15, 0.2) is 36.7 Å². The summed E-state index contributed by atoms with van der Waals surface area (Å²) in [5.74, 6) is 0.703. The topological polar surface area (TPSA) is 79.8 Å². The summed E-state index contributed by atoms with van der Waals surface area (Å²) in [5.41, 5.74) is 0.477. The zero-order valence-corrected chi connectivity index (χ0v) is 9.92. The molecule has 0 aromatic carbocycles. The Hall–Kier alpha value is -2.50. The summed E-state index contributed by atoms with van der Waals surface area (Å²) in [6.07, 6.45) is 3.18. The fraction of sp³-hybridized carbons (Fsp3) is 0.167. The first-order valence-electron chi connectivity index (χ1n) is 5.59. The van der Waals surface area contributed by atoms with Crippen LogP contribution in [0.1, 0.15) is 17.3 Å². The van der Waals surface area contributed by atoms with Crippen LogP contribution >= 0.6 is 0 Å². The lowest BCUT2D eigenvalue weighted by atomic mass is 10.2. The lowest BCUT2D eigenvalue weighted by molar-refractivity contribution is 0.102. The molecule has 0 saturated carbocycles. The molecule has 0 aliphatic heterocycles. The van der Waals surface area contributed by atoms with Gasteiger partial charge in [-0.15, -0.1) is 5.10 Å². The van der Waals surface area contributed by atoms with Crippen molar-refractivity contribution >= 4 is 17.5 Å². The molecule has 0 aliphatic rings. The summed E-state index contributed by atoms with van der Waals surface area (Å²) in [5, 5.41) is 13.2. The molecule has 0 aliphatic carbocycles. The van der Waals surface area contributed by atoms with E-state index >= 15 is 0 Å². The highest BCUT2D eigenvalue weighted by Crippen LogP contribution is 2.13.